The molecule has 2 amide bonds. The van der Waals surface area contributed by atoms with E-state index in [0.29, 0.717) is 56.5 Å². The molecule has 0 atom stereocenters. The Morgan fingerprint density at radius 2 is 1.67 bits per heavy atom. The summed E-state index contributed by atoms with van der Waals surface area (Å²) in [5.41, 5.74) is 2.69. The van der Waals surface area contributed by atoms with E-state index in [-0.39, 0.29) is 18.4 Å². The molecule has 0 saturated carbocycles. The highest BCUT2D eigenvalue weighted by molar-refractivity contribution is 6.39. The molecule has 0 unspecified atom stereocenters. The first-order valence-corrected chi connectivity index (χ1v) is 11.5. The predicted octanol–water partition coefficient (Wildman–Crippen LogP) is 5.97. The summed E-state index contributed by atoms with van der Waals surface area (Å²) in [6, 6.07) is 17.4. The van der Waals surface area contributed by atoms with Gasteiger partial charge in [0, 0.05) is 11.6 Å². The molecule has 0 spiro atoms. The predicted molar refractivity (Wildman–Crippen MR) is 135 cm³/mol. The number of fused-ring (bicyclic) bond motifs is 2. The smallest absolute Gasteiger partial charge is 0.257 e. The Labute approximate surface area is 206 Å². The van der Waals surface area contributed by atoms with Gasteiger partial charge in [-0.25, -0.2) is 0 Å². The highest BCUT2D eigenvalue weighted by Crippen LogP contribution is 2.39. The number of nitrogens with one attached hydrogen (secondary N) is 3. The van der Waals surface area contributed by atoms with Gasteiger partial charge in [0.05, 0.1) is 44.9 Å². The molecule has 3 N–H and O–H groups in total. The van der Waals surface area contributed by atoms with E-state index in [9.17, 15) is 9.59 Å². The van der Waals surface area contributed by atoms with E-state index in [2.05, 4.69) is 16.0 Å². The van der Waals surface area contributed by atoms with Crippen molar-refractivity contribution < 1.29 is 9.59 Å². The summed E-state index contributed by atoms with van der Waals surface area (Å²) in [5, 5.41) is 10.8. The van der Waals surface area contributed by atoms with E-state index in [1.54, 1.807) is 65.6 Å². The minimum Gasteiger partial charge on any atom is -0.383 e. The van der Waals surface area contributed by atoms with Crippen LogP contribution in [0.4, 0.5) is 22.7 Å². The van der Waals surface area contributed by atoms with Crippen LogP contribution in [0.1, 0.15) is 16.8 Å². The molecular weight excluding hydrogens is 483 g/mol. The molecule has 33 heavy (non-hydrogen) atoms. The Balaban J connectivity index is 1.42. The Hall–Kier alpha value is -2.77. The SMILES string of the molecule is O=C1Nc2cc(Cl)ccc2N(C(=O)CNCCCNc2c(Cl)cccc2Cl)c2ccccc21. The van der Waals surface area contributed by atoms with Crippen LogP contribution in [-0.2, 0) is 4.79 Å². The number of hydrogen-bond acceptors (Lipinski definition) is 4. The van der Waals surface area contributed by atoms with Crippen molar-refractivity contribution in [2.45, 2.75) is 6.42 Å². The molecule has 1 aliphatic rings. The molecule has 0 aromatic heterocycles. The van der Waals surface area contributed by atoms with Gasteiger partial charge in [-0.2, -0.15) is 0 Å². The van der Waals surface area contributed by atoms with Crippen molar-refractivity contribution in [3.63, 3.8) is 0 Å². The summed E-state index contributed by atoms with van der Waals surface area (Å²) in [7, 11) is 0. The first kappa shape index (κ1) is 23.4. The highest BCUT2D eigenvalue weighted by Gasteiger charge is 2.29. The minimum absolute atomic E-state index is 0.0947. The standard InChI is InChI=1S/C24H21Cl3N4O2/c25-15-9-10-21-19(13-15)30-24(33)16-5-1-2-8-20(16)31(21)22(32)14-28-11-4-12-29-23-17(26)6-3-7-18(23)27/h1-3,5-10,13,28-29H,4,11-12,14H2,(H,30,33). The van der Waals surface area contributed by atoms with Gasteiger partial charge in [0.1, 0.15) is 0 Å². The van der Waals surface area contributed by atoms with Gasteiger partial charge in [-0.1, -0.05) is 53.0 Å². The van der Waals surface area contributed by atoms with Crippen molar-refractivity contribution >= 4 is 69.4 Å². The highest BCUT2D eigenvalue weighted by atomic mass is 35.5. The molecule has 3 aromatic rings. The topological polar surface area (TPSA) is 73.5 Å². The summed E-state index contributed by atoms with van der Waals surface area (Å²) >= 11 is 18.4. The Bertz CT molecular complexity index is 1180. The van der Waals surface area contributed by atoms with Crippen LogP contribution in [0.25, 0.3) is 0 Å². The third-order valence-electron chi connectivity index (χ3n) is 5.16. The van der Waals surface area contributed by atoms with Crippen molar-refractivity contribution in [3.8, 4) is 0 Å². The lowest BCUT2D eigenvalue weighted by Crippen LogP contribution is -2.36. The van der Waals surface area contributed by atoms with Crippen molar-refractivity contribution in [2.75, 3.05) is 35.2 Å². The largest absolute Gasteiger partial charge is 0.383 e. The van der Waals surface area contributed by atoms with Crippen LogP contribution in [0.2, 0.25) is 15.1 Å². The van der Waals surface area contributed by atoms with Gasteiger partial charge in [-0.3, -0.25) is 14.5 Å². The molecular formula is C24H21Cl3N4O2. The van der Waals surface area contributed by atoms with Gasteiger partial charge in [-0.05, 0) is 55.4 Å². The summed E-state index contributed by atoms with van der Waals surface area (Å²) in [6.07, 6.45) is 0.748. The van der Waals surface area contributed by atoms with Crippen LogP contribution in [0.3, 0.4) is 0 Å². The van der Waals surface area contributed by atoms with Gasteiger partial charge in [-0.15, -0.1) is 0 Å². The fourth-order valence-electron chi connectivity index (χ4n) is 3.62. The number of halogens is 3. The third-order valence-corrected chi connectivity index (χ3v) is 6.02. The van der Waals surface area contributed by atoms with Gasteiger partial charge in [0.15, 0.2) is 0 Å². The van der Waals surface area contributed by atoms with Gasteiger partial charge >= 0.3 is 0 Å². The zero-order valence-corrected chi connectivity index (χ0v) is 19.8. The molecule has 6 nitrogen and oxygen atoms in total. The van der Waals surface area contributed by atoms with Crippen LogP contribution in [0, 0.1) is 0 Å². The van der Waals surface area contributed by atoms with Gasteiger partial charge < -0.3 is 16.0 Å². The lowest BCUT2D eigenvalue weighted by atomic mass is 10.1. The fraction of sp³-hybridized carbons (Fsp3) is 0.167. The first-order chi connectivity index (χ1) is 16.0. The van der Waals surface area contributed by atoms with Crippen molar-refractivity contribution in [2.24, 2.45) is 0 Å². The first-order valence-electron chi connectivity index (χ1n) is 10.4. The van der Waals surface area contributed by atoms with Crippen LogP contribution in [0.5, 0.6) is 0 Å². The normalized spacial score (nSPS) is 12.5. The monoisotopic (exact) mass is 502 g/mol. The second kappa shape index (κ2) is 10.4. The van der Waals surface area contributed by atoms with Crippen LogP contribution < -0.4 is 20.9 Å². The van der Waals surface area contributed by atoms with E-state index in [1.165, 1.54) is 0 Å². The number of carbonyl (C=O) groups excluding carboxylic acids is 2. The Morgan fingerprint density at radius 3 is 2.45 bits per heavy atom. The van der Waals surface area contributed by atoms with E-state index in [0.717, 1.165) is 6.42 Å². The average Bonchev–Trinajstić information content (AvgIpc) is 2.91. The maximum Gasteiger partial charge on any atom is 0.257 e. The zero-order valence-electron chi connectivity index (χ0n) is 17.5. The average molecular weight is 504 g/mol. The summed E-state index contributed by atoms with van der Waals surface area (Å²) in [5.74, 6) is -0.480. The fourth-order valence-corrected chi connectivity index (χ4v) is 4.32. The third kappa shape index (κ3) is 5.25. The molecule has 3 aromatic carbocycles. The summed E-state index contributed by atoms with van der Waals surface area (Å²) in [6.45, 7) is 1.33. The Morgan fingerprint density at radius 1 is 0.909 bits per heavy atom. The van der Waals surface area contributed by atoms with Crippen molar-refractivity contribution in [3.05, 3.63) is 81.3 Å². The zero-order chi connectivity index (χ0) is 23.4. The summed E-state index contributed by atoms with van der Waals surface area (Å²) in [4.78, 5) is 27.5. The molecule has 0 aliphatic carbocycles. The lowest BCUT2D eigenvalue weighted by Gasteiger charge is -2.24. The minimum atomic E-state index is -0.290. The number of hydrogen-bond donors (Lipinski definition) is 3. The van der Waals surface area contributed by atoms with E-state index in [4.69, 9.17) is 34.8 Å². The molecule has 170 valence electrons. The molecule has 0 bridgehead atoms. The molecule has 1 heterocycles. The van der Waals surface area contributed by atoms with Crippen LogP contribution in [0.15, 0.2) is 60.7 Å². The number of carbonyl (C=O) groups is 2. The van der Waals surface area contributed by atoms with Crippen molar-refractivity contribution in [1.82, 2.24) is 5.32 Å². The quantitative estimate of drug-likeness (QED) is 0.347. The Kier molecular flexibility index (Phi) is 7.40. The van der Waals surface area contributed by atoms with Gasteiger partial charge in [0.25, 0.3) is 5.91 Å². The second-order valence-electron chi connectivity index (χ2n) is 7.42. The second-order valence-corrected chi connectivity index (χ2v) is 8.67. The molecule has 4 rings (SSSR count). The molecule has 9 heteroatoms. The van der Waals surface area contributed by atoms with E-state index >= 15 is 0 Å². The van der Waals surface area contributed by atoms with Gasteiger partial charge in [0.2, 0.25) is 5.91 Å². The number of anilines is 4. The maximum absolute atomic E-state index is 13.3. The molecule has 1 aliphatic heterocycles. The van der Waals surface area contributed by atoms with Crippen LogP contribution >= 0.6 is 34.8 Å². The maximum atomic E-state index is 13.3. The molecule has 0 fully saturated rings. The van der Waals surface area contributed by atoms with E-state index in [1.807, 2.05) is 0 Å². The number of rotatable bonds is 7. The van der Waals surface area contributed by atoms with Crippen molar-refractivity contribution in [1.29, 1.82) is 0 Å². The molecule has 0 saturated heterocycles. The van der Waals surface area contributed by atoms with E-state index < -0.39 is 0 Å². The number of amides is 2. The number of nitrogens with zero attached hydrogens (tertiary/aromatic N) is 1. The summed E-state index contributed by atoms with van der Waals surface area (Å²) < 4.78 is 0. The lowest BCUT2D eigenvalue weighted by molar-refractivity contribution is -0.117. The number of para-hydroxylation sites is 2. The van der Waals surface area contributed by atoms with Crippen LogP contribution in [-0.4, -0.2) is 31.4 Å². The number of benzene rings is 3. The molecule has 0 radical (unpaired) electrons.